The molecule has 1 aromatic heterocycles. The van der Waals surface area contributed by atoms with Gasteiger partial charge in [0.25, 0.3) is 0 Å². The van der Waals surface area contributed by atoms with Crippen molar-refractivity contribution in [1.29, 1.82) is 0 Å². The zero-order valence-electron chi connectivity index (χ0n) is 12.9. The predicted octanol–water partition coefficient (Wildman–Crippen LogP) is 3.42. The van der Waals surface area contributed by atoms with Gasteiger partial charge in [0.2, 0.25) is 0 Å². The normalized spacial score (nSPS) is 20.6. The maximum absolute atomic E-state index is 11.1. The van der Waals surface area contributed by atoms with Crippen molar-refractivity contribution in [2.75, 3.05) is 14.1 Å². The number of hydrogen-bond donors (Lipinski definition) is 1. The molecule has 0 aliphatic heterocycles. The summed E-state index contributed by atoms with van der Waals surface area (Å²) < 4.78 is 1.85. The molecule has 20 heavy (non-hydrogen) atoms. The summed E-state index contributed by atoms with van der Waals surface area (Å²) in [4.78, 5) is 2.17. The molecule has 1 aliphatic rings. The zero-order chi connectivity index (χ0) is 14.9. The van der Waals surface area contributed by atoms with Crippen LogP contribution in [0.5, 0.6) is 0 Å². The summed E-state index contributed by atoms with van der Waals surface area (Å²) in [6.45, 7) is 4.12. The summed E-state index contributed by atoms with van der Waals surface area (Å²) in [7, 11) is 4.11. The lowest BCUT2D eigenvalue weighted by molar-refractivity contribution is -0.0383. The molecule has 0 radical (unpaired) electrons. The molecule has 0 saturated heterocycles. The Hall–Kier alpha value is -0.580. The van der Waals surface area contributed by atoms with Crippen LogP contribution in [0.4, 0.5) is 0 Å². The van der Waals surface area contributed by atoms with Crippen molar-refractivity contribution >= 4 is 11.6 Å². The average Bonchev–Trinajstić information content (AvgIpc) is 2.80. The van der Waals surface area contributed by atoms with E-state index in [9.17, 15) is 5.11 Å². The Labute approximate surface area is 126 Å². The van der Waals surface area contributed by atoms with Gasteiger partial charge in [0.1, 0.15) is 6.10 Å². The van der Waals surface area contributed by atoms with Crippen molar-refractivity contribution in [2.45, 2.75) is 63.6 Å². The largest absolute Gasteiger partial charge is 0.385 e. The molecule has 0 bridgehead atoms. The molecule has 1 unspecified atom stereocenters. The molecule has 1 N–H and O–H groups in total. The summed E-state index contributed by atoms with van der Waals surface area (Å²) in [6, 6.07) is 0.190. The summed E-state index contributed by atoms with van der Waals surface area (Å²) in [5.41, 5.74) is 0.534. The number of hydrogen-bond acceptors (Lipinski definition) is 3. The van der Waals surface area contributed by atoms with Crippen LogP contribution in [0.25, 0.3) is 0 Å². The van der Waals surface area contributed by atoms with E-state index in [1.54, 1.807) is 6.20 Å². The molecule has 114 valence electrons. The van der Waals surface area contributed by atoms with E-state index in [4.69, 9.17) is 11.6 Å². The molecule has 0 amide bonds. The molecule has 0 aromatic carbocycles. The highest BCUT2D eigenvalue weighted by Crippen LogP contribution is 2.43. The monoisotopic (exact) mass is 299 g/mol. The van der Waals surface area contributed by atoms with E-state index >= 15 is 0 Å². The van der Waals surface area contributed by atoms with E-state index < -0.39 is 6.10 Å². The second-order valence-corrected chi connectivity index (χ2v) is 6.78. The molecule has 4 nitrogen and oxygen atoms in total. The van der Waals surface area contributed by atoms with Crippen molar-refractivity contribution < 1.29 is 5.11 Å². The van der Waals surface area contributed by atoms with Crippen molar-refractivity contribution in [3.05, 3.63) is 16.9 Å². The molecule has 1 aliphatic carbocycles. The van der Waals surface area contributed by atoms with Crippen LogP contribution in [-0.4, -0.2) is 39.4 Å². The standard InChI is InChI=1S/C15H26ClN3O/c1-11(2)19-13(12(16)10-17-19)14(20)15(18(3)4)8-6-5-7-9-15/h10-11,14,20H,5-9H2,1-4H3. The Morgan fingerprint density at radius 3 is 2.40 bits per heavy atom. The lowest BCUT2D eigenvalue weighted by Gasteiger charge is -2.46. The number of halogens is 1. The molecule has 1 saturated carbocycles. The van der Waals surface area contributed by atoms with Crippen molar-refractivity contribution in [3.63, 3.8) is 0 Å². The molecular weight excluding hydrogens is 274 g/mol. The minimum absolute atomic E-state index is 0.190. The van der Waals surface area contributed by atoms with Gasteiger partial charge < -0.3 is 10.0 Å². The first kappa shape index (κ1) is 15.8. The first-order valence-corrected chi connectivity index (χ1v) is 7.86. The van der Waals surface area contributed by atoms with E-state index in [2.05, 4.69) is 37.9 Å². The third-order valence-corrected chi connectivity index (χ3v) is 4.95. The van der Waals surface area contributed by atoms with Gasteiger partial charge in [0.05, 0.1) is 22.5 Å². The SMILES string of the molecule is CC(C)n1ncc(Cl)c1C(O)C1(N(C)C)CCCCC1. The van der Waals surface area contributed by atoms with Crippen molar-refractivity contribution in [1.82, 2.24) is 14.7 Å². The lowest BCUT2D eigenvalue weighted by Crippen LogP contribution is -2.51. The number of nitrogens with zero attached hydrogens (tertiary/aromatic N) is 3. The van der Waals surface area contributed by atoms with Crippen molar-refractivity contribution in [3.8, 4) is 0 Å². The van der Waals surface area contributed by atoms with Gasteiger partial charge in [0, 0.05) is 6.04 Å². The fourth-order valence-electron chi connectivity index (χ4n) is 3.40. The van der Waals surface area contributed by atoms with Crippen LogP contribution in [0.3, 0.4) is 0 Å². The maximum Gasteiger partial charge on any atom is 0.115 e. The molecule has 5 heteroatoms. The minimum Gasteiger partial charge on any atom is -0.385 e. The summed E-state index contributed by atoms with van der Waals surface area (Å²) in [6.07, 6.45) is 6.61. The number of likely N-dealkylation sites (N-methyl/N-ethyl adjacent to an activating group) is 1. The Kier molecular flexibility index (Phi) is 4.77. The molecular formula is C15H26ClN3O. The highest BCUT2D eigenvalue weighted by Gasteiger charge is 2.44. The minimum atomic E-state index is -0.602. The van der Waals surface area contributed by atoms with Gasteiger partial charge in [-0.25, -0.2) is 0 Å². The number of aliphatic hydroxyl groups excluding tert-OH is 1. The van der Waals surface area contributed by atoms with Gasteiger partial charge in [-0.2, -0.15) is 5.10 Å². The van der Waals surface area contributed by atoms with E-state index in [0.717, 1.165) is 31.4 Å². The Morgan fingerprint density at radius 1 is 1.30 bits per heavy atom. The third-order valence-electron chi connectivity index (χ3n) is 4.65. The molecule has 1 fully saturated rings. The fourth-order valence-corrected chi connectivity index (χ4v) is 3.64. The first-order valence-electron chi connectivity index (χ1n) is 7.48. The number of rotatable bonds is 4. The van der Waals surface area contributed by atoms with Gasteiger partial charge >= 0.3 is 0 Å². The van der Waals surface area contributed by atoms with E-state index in [1.165, 1.54) is 6.42 Å². The van der Waals surface area contributed by atoms with E-state index in [0.29, 0.717) is 5.02 Å². The molecule has 1 heterocycles. The van der Waals surface area contributed by atoms with Crippen LogP contribution in [0.2, 0.25) is 5.02 Å². The van der Waals surface area contributed by atoms with Crippen molar-refractivity contribution in [2.24, 2.45) is 0 Å². The highest BCUT2D eigenvalue weighted by atomic mass is 35.5. The number of aliphatic hydroxyl groups is 1. The lowest BCUT2D eigenvalue weighted by atomic mass is 9.75. The van der Waals surface area contributed by atoms with Gasteiger partial charge in [-0.15, -0.1) is 0 Å². The van der Waals surface area contributed by atoms with Crippen LogP contribution < -0.4 is 0 Å². The highest BCUT2D eigenvalue weighted by molar-refractivity contribution is 6.31. The van der Waals surface area contributed by atoms with Gasteiger partial charge in [0.15, 0.2) is 0 Å². The summed E-state index contributed by atoms with van der Waals surface area (Å²) in [5, 5.41) is 16.0. The van der Waals surface area contributed by atoms with Gasteiger partial charge in [-0.1, -0.05) is 30.9 Å². The Bertz CT molecular complexity index is 450. The molecule has 2 rings (SSSR count). The van der Waals surface area contributed by atoms with E-state index in [1.807, 2.05) is 4.68 Å². The zero-order valence-corrected chi connectivity index (χ0v) is 13.7. The van der Waals surface area contributed by atoms with Crippen LogP contribution in [0.1, 0.15) is 63.8 Å². The van der Waals surface area contributed by atoms with Crippen LogP contribution in [-0.2, 0) is 0 Å². The summed E-state index contributed by atoms with van der Waals surface area (Å²) >= 11 is 6.31. The Balaban J connectivity index is 2.42. The molecule has 1 atom stereocenters. The molecule has 1 aromatic rings. The Morgan fingerprint density at radius 2 is 1.90 bits per heavy atom. The number of aromatic nitrogens is 2. The second-order valence-electron chi connectivity index (χ2n) is 6.38. The smallest absolute Gasteiger partial charge is 0.115 e. The second kappa shape index (κ2) is 6.04. The predicted molar refractivity (Wildman–Crippen MR) is 82.1 cm³/mol. The van der Waals surface area contributed by atoms with Gasteiger partial charge in [-0.05, 0) is 40.8 Å². The quantitative estimate of drug-likeness (QED) is 0.926. The summed E-state index contributed by atoms with van der Waals surface area (Å²) in [5.74, 6) is 0. The van der Waals surface area contributed by atoms with Crippen LogP contribution >= 0.6 is 11.6 Å². The maximum atomic E-state index is 11.1. The van der Waals surface area contributed by atoms with Crippen LogP contribution in [0, 0.1) is 0 Å². The van der Waals surface area contributed by atoms with Crippen LogP contribution in [0.15, 0.2) is 6.20 Å². The molecule has 0 spiro atoms. The van der Waals surface area contributed by atoms with E-state index in [-0.39, 0.29) is 11.6 Å². The van der Waals surface area contributed by atoms with Gasteiger partial charge in [-0.3, -0.25) is 4.68 Å². The fraction of sp³-hybridized carbons (Fsp3) is 0.800. The average molecular weight is 300 g/mol. The topological polar surface area (TPSA) is 41.3 Å². The first-order chi connectivity index (χ1) is 9.40. The third kappa shape index (κ3) is 2.61.